The van der Waals surface area contributed by atoms with Gasteiger partial charge in [0.25, 0.3) is 0 Å². The molecule has 2 rings (SSSR count). The van der Waals surface area contributed by atoms with E-state index in [9.17, 15) is 4.79 Å². The highest BCUT2D eigenvalue weighted by molar-refractivity contribution is 5.98. The van der Waals surface area contributed by atoms with Crippen LogP contribution < -0.4 is 11.1 Å². The Bertz CT molecular complexity index is 474. The lowest BCUT2D eigenvalue weighted by molar-refractivity contribution is 0.0602. The molecule has 0 spiro atoms. The Hall–Kier alpha value is -1.71. The van der Waals surface area contributed by atoms with Crippen LogP contribution >= 0.6 is 0 Å². The van der Waals surface area contributed by atoms with Crippen LogP contribution in [0, 0.1) is 5.92 Å². The van der Waals surface area contributed by atoms with Crippen molar-refractivity contribution in [2.24, 2.45) is 5.92 Å². The van der Waals surface area contributed by atoms with Crippen molar-refractivity contribution in [1.82, 2.24) is 0 Å². The van der Waals surface area contributed by atoms with Gasteiger partial charge in [0, 0.05) is 6.04 Å². The van der Waals surface area contributed by atoms with Gasteiger partial charge in [-0.15, -0.1) is 0 Å². The van der Waals surface area contributed by atoms with Crippen molar-refractivity contribution in [1.29, 1.82) is 0 Å². The molecule has 1 aromatic rings. The van der Waals surface area contributed by atoms with E-state index < -0.39 is 0 Å². The summed E-state index contributed by atoms with van der Waals surface area (Å²) in [7, 11) is 1.37. The molecule has 3 N–H and O–H groups in total. The highest BCUT2D eigenvalue weighted by Crippen LogP contribution is 2.31. The Labute approximate surface area is 120 Å². The minimum atomic E-state index is -0.388. The molecule has 1 aliphatic carbocycles. The summed E-state index contributed by atoms with van der Waals surface area (Å²) in [5.41, 5.74) is 7.84. The van der Waals surface area contributed by atoms with Crippen LogP contribution in [0.3, 0.4) is 0 Å². The first kappa shape index (κ1) is 14.7. The lowest BCUT2D eigenvalue weighted by atomic mass is 9.84. The van der Waals surface area contributed by atoms with Crippen molar-refractivity contribution in [3.8, 4) is 0 Å². The number of benzene rings is 1. The van der Waals surface area contributed by atoms with Gasteiger partial charge in [-0.3, -0.25) is 0 Å². The average molecular weight is 276 g/mol. The number of hydrogen-bond donors (Lipinski definition) is 2. The fourth-order valence-electron chi connectivity index (χ4n) is 2.99. The molecule has 0 bridgehead atoms. The van der Waals surface area contributed by atoms with E-state index in [4.69, 9.17) is 10.5 Å². The van der Waals surface area contributed by atoms with Crippen LogP contribution in [0.5, 0.6) is 0 Å². The zero-order chi connectivity index (χ0) is 14.5. The van der Waals surface area contributed by atoms with Crippen LogP contribution in [0.4, 0.5) is 11.4 Å². The summed E-state index contributed by atoms with van der Waals surface area (Å²) in [6.45, 7) is 2.25. The third-order valence-corrected chi connectivity index (χ3v) is 4.23. The molecule has 0 heterocycles. The summed E-state index contributed by atoms with van der Waals surface area (Å²) in [6, 6.07) is 5.91. The van der Waals surface area contributed by atoms with Crippen LogP contribution in [0.15, 0.2) is 18.2 Å². The maximum absolute atomic E-state index is 11.6. The first-order valence-corrected chi connectivity index (χ1v) is 7.39. The molecule has 110 valence electrons. The number of esters is 1. The second kappa shape index (κ2) is 6.64. The second-order valence-electron chi connectivity index (χ2n) is 5.54. The molecule has 0 radical (unpaired) electrons. The number of anilines is 2. The normalized spacial score (nSPS) is 22.3. The fourth-order valence-corrected chi connectivity index (χ4v) is 2.99. The summed E-state index contributed by atoms with van der Waals surface area (Å²) in [5.74, 6) is 0.410. The van der Waals surface area contributed by atoms with Crippen LogP contribution in [-0.2, 0) is 4.74 Å². The smallest absolute Gasteiger partial charge is 0.340 e. The minimum absolute atomic E-state index is 0.388. The number of rotatable bonds is 4. The van der Waals surface area contributed by atoms with Crippen LogP contribution in [0.25, 0.3) is 0 Å². The molecule has 4 heteroatoms. The fraction of sp³-hybridized carbons (Fsp3) is 0.562. The number of para-hydroxylation sites is 1. The molecule has 1 fully saturated rings. The summed E-state index contributed by atoms with van der Waals surface area (Å²) in [4.78, 5) is 11.6. The first-order chi connectivity index (χ1) is 9.65. The maximum Gasteiger partial charge on any atom is 0.340 e. The SMILES string of the molecule is CCC1CCCC(Nc2cccc(C(=O)OC)c2N)C1. The summed E-state index contributed by atoms with van der Waals surface area (Å²) in [5, 5.41) is 3.50. The van der Waals surface area contributed by atoms with E-state index in [-0.39, 0.29) is 5.97 Å². The monoisotopic (exact) mass is 276 g/mol. The molecule has 0 aliphatic heterocycles. The van der Waals surface area contributed by atoms with Crippen LogP contribution in [-0.4, -0.2) is 19.1 Å². The summed E-state index contributed by atoms with van der Waals surface area (Å²) in [6.07, 6.45) is 6.16. The van der Waals surface area contributed by atoms with Crippen molar-refractivity contribution in [2.45, 2.75) is 45.1 Å². The Morgan fingerprint density at radius 3 is 2.95 bits per heavy atom. The van der Waals surface area contributed by atoms with Crippen molar-refractivity contribution in [3.63, 3.8) is 0 Å². The maximum atomic E-state index is 11.6. The number of ether oxygens (including phenoxy) is 1. The summed E-state index contributed by atoms with van der Waals surface area (Å²) < 4.78 is 4.75. The van der Waals surface area contributed by atoms with Crippen molar-refractivity contribution >= 4 is 17.3 Å². The number of nitrogen functional groups attached to an aromatic ring is 1. The predicted molar refractivity (Wildman–Crippen MR) is 81.9 cm³/mol. The zero-order valence-corrected chi connectivity index (χ0v) is 12.3. The predicted octanol–water partition coefficient (Wildman–Crippen LogP) is 3.44. The third-order valence-electron chi connectivity index (χ3n) is 4.23. The standard InChI is InChI=1S/C16H24N2O2/c1-3-11-6-4-7-12(10-11)18-14-9-5-8-13(15(14)17)16(19)20-2/h5,8-9,11-12,18H,3-4,6-7,10,17H2,1-2H3. The number of nitrogens with one attached hydrogen (secondary N) is 1. The van der Waals surface area contributed by atoms with E-state index in [0.29, 0.717) is 17.3 Å². The molecule has 0 aromatic heterocycles. The van der Waals surface area contributed by atoms with E-state index in [1.807, 2.05) is 12.1 Å². The van der Waals surface area contributed by atoms with E-state index in [1.165, 1.54) is 39.2 Å². The van der Waals surface area contributed by atoms with Gasteiger partial charge in [0.2, 0.25) is 0 Å². The molecular formula is C16H24N2O2. The molecule has 4 nitrogen and oxygen atoms in total. The largest absolute Gasteiger partial charge is 0.465 e. The number of carbonyl (C=O) groups excluding carboxylic acids is 1. The molecule has 1 aromatic carbocycles. The van der Waals surface area contributed by atoms with E-state index in [0.717, 1.165) is 11.6 Å². The van der Waals surface area contributed by atoms with Gasteiger partial charge < -0.3 is 15.8 Å². The Balaban J connectivity index is 2.11. The molecule has 0 saturated heterocycles. The Morgan fingerprint density at radius 2 is 2.25 bits per heavy atom. The van der Waals surface area contributed by atoms with Gasteiger partial charge in [0.15, 0.2) is 0 Å². The van der Waals surface area contributed by atoms with Gasteiger partial charge in [0.05, 0.1) is 24.0 Å². The second-order valence-corrected chi connectivity index (χ2v) is 5.54. The average Bonchev–Trinajstić information content (AvgIpc) is 2.49. The van der Waals surface area contributed by atoms with Gasteiger partial charge in [-0.1, -0.05) is 32.3 Å². The van der Waals surface area contributed by atoms with E-state index in [2.05, 4.69) is 12.2 Å². The van der Waals surface area contributed by atoms with Crippen LogP contribution in [0.1, 0.15) is 49.4 Å². The molecule has 20 heavy (non-hydrogen) atoms. The Morgan fingerprint density at radius 1 is 1.45 bits per heavy atom. The molecule has 1 aliphatic rings. The molecule has 0 amide bonds. The van der Waals surface area contributed by atoms with Gasteiger partial charge >= 0.3 is 5.97 Å². The van der Waals surface area contributed by atoms with E-state index >= 15 is 0 Å². The summed E-state index contributed by atoms with van der Waals surface area (Å²) >= 11 is 0. The molecule has 2 atom stereocenters. The number of nitrogens with two attached hydrogens (primary N) is 1. The lowest BCUT2D eigenvalue weighted by Crippen LogP contribution is -2.27. The third kappa shape index (κ3) is 3.24. The van der Waals surface area contributed by atoms with Gasteiger partial charge in [-0.05, 0) is 30.9 Å². The minimum Gasteiger partial charge on any atom is -0.465 e. The number of carbonyl (C=O) groups is 1. The van der Waals surface area contributed by atoms with Crippen LogP contribution in [0.2, 0.25) is 0 Å². The quantitative estimate of drug-likeness (QED) is 0.653. The molecule has 1 saturated carbocycles. The number of hydrogen-bond acceptors (Lipinski definition) is 4. The van der Waals surface area contributed by atoms with Crippen molar-refractivity contribution < 1.29 is 9.53 Å². The van der Waals surface area contributed by atoms with Gasteiger partial charge in [0.1, 0.15) is 0 Å². The highest BCUT2D eigenvalue weighted by atomic mass is 16.5. The Kier molecular flexibility index (Phi) is 4.88. The van der Waals surface area contributed by atoms with Crippen molar-refractivity contribution in [3.05, 3.63) is 23.8 Å². The van der Waals surface area contributed by atoms with Gasteiger partial charge in [-0.25, -0.2) is 4.79 Å². The highest BCUT2D eigenvalue weighted by Gasteiger charge is 2.22. The lowest BCUT2D eigenvalue weighted by Gasteiger charge is -2.30. The molecule has 2 unspecified atom stereocenters. The zero-order valence-electron chi connectivity index (χ0n) is 12.3. The van der Waals surface area contributed by atoms with Crippen molar-refractivity contribution in [2.75, 3.05) is 18.2 Å². The van der Waals surface area contributed by atoms with E-state index in [1.54, 1.807) is 6.07 Å². The first-order valence-electron chi connectivity index (χ1n) is 7.39. The van der Waals surface area contributed by atoms with Gasteiger partial charge in [-0.2, -0.15) is 0 Å². The topological polar surface area (TPSA) is 64.3 Å². The molecular weight excluding hydrogens is 252 g/mol. The number of methoxy groups -OCH3 is 1.